The summed E-state index contributed by atoms with van der Waals surface area (Å²) in [6, 6.07) is 16.1. The van der Waals surface area contributed by atoms with Crippen LogP contribution in [0.4, 0.5) is 0 Å². The molecule has 1 aliphatic heterocycles. The number of nitrogens with one attached hydrogen (secondary N) is 1. The lowest BCUT2D eigenvalue weighted by Gasteiger charge is -2.30. The topological polar surface area (TPSA) is 71.3 Å². The molecule has 3 aromatic rings. The third kappa shape index (κ3) is 5.34. The van der Waals surface area contributed by atoms with Crippen LogP contribution < -0.4 is 5.32 Å². The van der Waals surface area contributed by atoms with Crippen molar-refractivity contribution >= 4 is 21.8 Å². The van der Waals surface area contributed by atoms with Crippen molar-refractivity contribution in [2.45, 2.75) is 32.9 Å². The normalized spacial score (nSPS) is 15.3. The number of benzene rings is 2. The van der Waals surface area contributed by atoms with Gasteiger partial charge in [0.25, 0.3) is 0 Å². The number of halogens is 1. The Hall–Kier alpha value is -2.51. The van der Waals surface area contributed by atoms with Crippen LogP contribution in [0.5, 0.6) is 0 Å². The molecule has 1 aromatic heterocycles. The van der Waals surface area contributed by atoms with E-state index < -0.39 is 0 Å². The maximum atomic E-state index is 12.5. The highest BCUT2D eigenvalue weighted by molar-refractivity contribution is 9.10. The highest BCUT2D eigenvalue weighted by Crippen LogP contribution is 2.22. The largest absolute Gasteiger partial charge is 0.352 e. The molecule has 1 aliphatic rings. The zero-order valence-corrected chi connectivity index (χ0v) is 18.6. The summed E-state index contributed by atoms with van der Waals surface area (Å²) < 4.78 is 6.44. The maximum absolute atomic E-state index is 12.5. The van der Waals surface area contributed by atoms with Crippen LogP contribution in [0.25, 0.3) is 11.4 Å². The Kier molecular flexibility index (Phi) is 6.59. The summed E-state index contributed by atoms with van der Waals surface area (Å²) in [5.74, 6) is 1.41. The number of hydrogen-bond acceptors (Lipinski definition) is 5. The number of aryl methyl sites for hydroxylation is 1. The van der Waals surface area contributed by atoms with Crippen LogP contribution in [0, 0.1) is 12.8 Å². The molecule has 0 aliphatic carbocycles. The fourth-order valence-electron chi connectivity index (χ4n) is 3.62. The van der Waals surface area contributed by atoms with Crippen molar-refractivity contribution in [1.29, 1.82) is 0 Å². The second-order valence-corrected chi connectivity index (χ2v) is 8.69. The van der Waals surface area contributed by atoms with E-state index in [0.717, 1.165) is 41.5 Å². The Morgan fingerprint density at radius 1 is 1.13 bits per heavy atom. The predicted octanol–water partition coefficient (Wildman–Crippen LogP) is 4.34. The Bertz CT molecular complexity index is 977. The van der Waals surface area contributed by atoms with Crippen molar-refractivity contribution in [2.24, 2.45) is 5.92 Å². The molecule has 30 heavy (non-hydrogen) atoms. The molecule has 2 aromatic carbocycles. The van der Waals surface area contributed by atoms with Crippen LogP contribution in [0.1, 0.15) is 29.9 Å². The molecule has 0 unspecified atom stereocenters. The standard InChI is InChI=1S/C23H25BrN4O2/c1-16-2-4-17(5-3-16)14-25-23(29)19-10-12-28(13-11-19)15-21-26-22(27-30-21)18-6-8-20(24)9-7-18/h2-9,19H,10-15H2,1H3,(H,25,29). The van der Waals surface area contributed by atoms with Crippen molar-refractivity contribution in [3.63, 3.8) is 0 Å². The van der Waals surface area contributed by atoms with Crippen molar-refractivity contribution in [3.8, 4) is 11.4 Å². The van der Waals surface area contributed by atoms with Crippen LogP contribution >= 0.6 is 15.9 Å². The Balaban J connectivity index is 1.24. The van der Waals surface area contributed by atoms with Crippen molar-refractivity contribution in [3.05, 3.63) is 70.0 Å². The molecule has 2 heterocycles. The molecule has 156 valence electrons. The molecule has 7 heteroatoms. The first kappa shape index (κ1) is 20.8. The van der Waals surface area contributed by atoms with Gasteiger partial charge in [0.1, 0.15) is 0 Å². The summed E-state index contributed by atoms with van der Waals surface area (Å²) in [6.07, 6.45) is 1.68. The number of carbonyl (C=O) groups excluding carboxylic acids is 1. The minimum Gasteiger partial charge on any atom is -0.352 e. The van der Waals surface area contributed by atoms with Gasteiger partial charge in [0.05, 0.1) is 6.54 Å². The first-order valence-electron chi connectivity index (χ1n) is 10.2. The summed E-state index contributed by atoms with van der Waals surface area (Å²) in [7, 11) is 0. The summed E-state index contributed by atoms with van der Waals surface area (Å²) in [5.41, 5.74) is 3.28. The van der Waals surface area contributed by atoms with Gasteiger partial charge in [-0.05, 0) is 62.7 Å². The van der Waals surface area contributed by atoms with E-state index in [1.807, 2.05) is 24.3 Å². The molecule has 1 amide bonds. The van der Waals surface area contributed by atoms with Gasteiger partial charge in [-0.2, -0.15) is 4.98 Å². The molecule has 0 saturated carbocycles. The number of likely N-dealkylation sites (tertiary alicyclic amines) is 1. The van der Waals surface area contributed by atoms with Crippen LogP contribution in [0.15, 0.2) is 57.5 Å². The van der Waals surface area contributed by atoms with E-state index in [1.54, 1.807) is 0 Å². The molecule has 0 atom stereocenters. The first-order valence-corrected chi connectivity index (χ1v) is 11.0. The molecule has 0 spiro atoms. The predicted molar refractivity (Wildman–Crippen MR) is 118 cm³/mol. The average Bonchev–Trinajstić information content (AvgIpc) is 3.22. The third-order valence-electron chi connectivity index (χ3n) is 5.48. The van der Waals surface area contributed by atoms with Crippen LogP contribution in [0.2, 0.25) is 0 Å². The second kappa shape index (κ2) is 9.53. The van der Waals surface area contributed by atoms with E-state index >= 15 is 0 Å². The van der Waals surface area contributed by atoms with Gasteiger partial charge in [-0.3, -0.25) is 9.69 Å². The highest BCUT2D eigenvalue weighted by atomic mass is 79.9. The minimum atomic E-state index is 0.0627. The van der Waals surface area contributed by atoms with Gasteiger partial charge in [0.2, 0.25) is 17.6 Å². The SMILES string of the molecule is Cc1ccc(CNC(=O)C2CCN(Cc3nc(-c4ccc(Br)cc4)no3)CC2)cc1. The lowest BCUT2D eigenvalue weighted by Crippen LogP contribution is -2.40. The van der Waals surface area contributed by atoms with Crippen LogP contribution in [-0.2, 0) is 17.9 Å². The van der Waals surface area contributed by atoms with Gasteiger partial charge >= 0.3 is 0 Å². The number of rotatable bonds is 6. The smallest absolute Gasteiger partial charge is 0.241 e. The fraction of sp³-hybridized carbons (Fsp3) is 0.348. The number of aromatic nitrogens is 2. The summed E-state index contributed by atoms with van der Waals surface area (Å²) in [5, 5.41) is 7.17. The number of amides is 1. The molecule has 0 bridgehead atoms. The van der Waals surface area contributed by atoms with Crippen molar-refractivity contribution in [1.82, 2.24) is 20.4 Å². The second-order valence-electron chi connectivity index (χ2n) is 7.77. The van der Waals surface area contributed by atoms with Gasteiger partial charge in [-0.25, -0.2) is 0 Å². The van der Waals surface area contributed by atoms with E-state index in [-0.39, 0.29) is 11.8 Å². The average molecular weight is 469 g/mol. The zero-order chi connectivity index (χ0) is 20.9. The molecule has 1 N–H and O–H groups in total. The Morgan fingerprint density at radius 3 is 2.53 bits per heavy atom. The monoisotopic (exact) mass is 468 g/mol. The molecular weight excluding hydrogens is 444 g/mol. The summed E-state index contributed by atoms with van der Waals surface area (Å²) in [6.45, 7) is 4.95. The van der Waals surface area contributed by atoms with Gasteiger partial charge in [-0.1, -0.05) is 50.9 Å². The number of hydrogen-bond donors (Lipinski definition) is 1. The Morgan fingerprint density at radius 2 is 1.83 bits per heavy atom. The van der Waals surface area contributed by atoms with E-state index in [0.29, 0.717) is 24.8 Å². The van der Waals surface area contributed by atoms with E-state index in [9.17, 15) is 4.79 Å². The lowest BCUT2D eigenvalue weighted by atomic mass is 9.96. The molecule has 1 saturated heterocycles. The molecule has 4 rings (SSSR count). The lowest BCUT2D eigenvalue weighted by molar-refractivity contribution is -0.126. The number of carbonyl (C=O) groups is 1. The van der Waals surface area contributed by atoms with E-state index in [2.05, 4.69) is 67.5 Å². The summed E-state index contributed by atoms with van der Waals surface area (Å²) in [4.78, 5) is 19.3. The first-order chi connectivity index (χ1) is 14.6. The highest BCUT2D eigenvalue weighted by Gasteiger charge is 2.25. The third-order valence-corrected chi connectivity index (χ3v) is 6.00. The quantitative estimate of drug-likeness (QED) is 0.582. The van der Waals surface area contributed by atoms with Gasteiger partial charge in [-0.15, -0.1) is 0 Å². The molecule has 0 radical (unpaired) electrons. The number of nitrogens with zero attached hydrogens (tertiary/aromatic N) is 3. The molecular formula is C23H25BrN4O2. The zero-order valence-electron chi connectivity index (χ0n) is 17.0. The van der Waals surface area contributed by atoms with Gasteiger partial charge < -0.3 is 9.84 Å². The Labute approximate surface area is 184 Å². The van der Waals surface area contributed by atoms with E-state index in [1.165, 1.54) is 5.56 Å². The maximum Gasteiger partial charge on any atom is 0.241 e. The van der Waals surface area contributed by atoms with Gasteiger partial charge in [0, 0.05) is 22.5 Å². The van der Waals surface area contributed by atoms with Crippen molar-refractivity contribution < 1.29 is 9.32 Å². The summed E-state index contributed by atoms with van der Waals surface area (Å²) >= 11 is 3.43. The minimum absolute atomic E-state index is 0.0627. The molecule has 1 fully saturated rings. The van der Waals surface area contributed by atoms with E-state index in [4.69, 9.17) is 4.52 Å². The van der Waals surface area contributed by atoms with Crippen molar-refractivity contribution in [2.75, 3.05) is 13.1 Å². The fourth-order valence-corrected chi connectivity index (χ4v) is 3.88. The van der Waals surface area contributed by atoms with Crippen LogP contribution in [-0.4, -0.2) is 34.0 Å². The molecule has 6 nitrogen and oxygen atoms in total. The van der Waals surface area contributed by atoms with Crippen LogP contribution in [0.3, 0.4) is 0 Å². The number of piperidine rings is 1. The van der Waals surface area contributed by atoms with Gasteiger partial charge in [0.15, 0.2) is 0 Å².